The number of carbonyl (C=O) groups is 2. The van der Waals surface area contributed by atoms with Crippen LogP contribution in [0.5, 0.6) is 0 Å². The highest BCUT2D eigenvalue weighted by Gasteiger charge is 2.36. The van der Waals surface area contributed by atoms with Gasteiger partial charge in [0.25, 0.3) is 11.8 Å². The summed E-state index contributed by atoms with van der Waals surface area (Å²) in [5.41, 5.74) is 5.42. The fraction of sp³-hybridized carbons (Fsp3) is 0. The molecule has 0 unspecified atom stereocenters. The fourth-order valence-corrected chi connectivity index (χ4v) is 3.16. The van der Waals surface area contributed by atoms with Gasteiger partial charge in [-0.3, -0.25) is 15.0 Å². The van der Waals surface area contributed by atoms with Crippen molar-refractivity contribution in [1.29, 1.82) is 0 Å². The number of anilines is 1. The van der Waals surface area contributed by atoms with Crippen molar-refractivity contribution in [3.63, 3.8) is 0 Å². The van der Waals surface area contributed by atoms with E-state index < -0.39 is 0 Å². The normalized spacial score (nSPS) is 13.3. The third-order valence-electron chi connectivity index (χ3n) is 3.58. The number of thiazole rings is 1. The summed E-state index contributed by atoms with van der Waals surface area (Å²) in [6, 6.07) is 16.5. The van der Waals surface area contributed by atoms with Crippen molar-refractivity contribution in [3.8, 4) is 11.3 Å². The monoisotopic (exact) mass is 321 g/mol. The molecule has 23 heavy (non-hydrogen) atoms. The number of hydrogen-bond acceptors (Lipinski definition) is 5. The van der Waals surface area contributed by atoms with Crippen molar-refractivity contribution >= 4 is 28.3 Å². The Labute approximate surface area is 136 Å². The number of benzene rings is 2. The quantitative estimate of drug-likeness (QED) is 0.751. The summed E-state index contributed by atoms with van der Waals surface area (Å²) in [6.45, 7) is 0. The molecule has 4 rings (SSSR count). The van der Waals surface area contributed by atoms with Gasteiger partial charge in [-0.15, -0.1) is 11.3 Å². The minimum atomic E-state index is -0.359. The Hall–Kier alpha value is -2.99. The second-order valence-electron chi connectivity index (χ2n) is 5.01. The SMILES string of the molecule is O=C1c2ccccc2C(=O)N1Nc1nc(-c2ccccc2)cs1. The summed E-state index contributed by atoms with van der Waals surface area (Å²) in [4.78, 5) is 29.1. The first-order chi connectivity index (χ1) is 11.2. The van der Waals surface area contributed by atoms with Gasteiger partial charge in [0, 0.05) is 10.9 Å². The molecular weight excluding hydrogens is 310 g/mol. The Morgan fingerprint density at radius 3 is 2.13 bits per heavy atom. The molecule has 5 nitrogen and oxygen atoms in total. The molecule has 112 valence electrons. The van der Waals surface area contributed by atoms with Crippen LogP contribution in [0.1, 0.15) is 20.7 Å². The summed E-state index contributed by atoms with van der Waals surface area (Å²) in [6.07, 6.45) is 0. The van der Waals surface area contributed by atoms with E-state index in [2.05, 4.69) is 10.4 Å². The third-order valence-corrected chi connectivity index (χ3v) is 4.32. The van der Waals surface area contributed by atoms with Crippen molar-refractivity contribution in [2.24, 2.45) is 0 Å². The standard InChI is InChI=1S/C17H11N3O2S/c21-15-12-8-4-5-9-13(12)16(22)20(15)19-17-18-14(10-23-17)11-6-2-1-3-7-11/h1-10H,(H,18,19). The van der Waals surface area contributed by atoms with Gasteiger partial charge in [-0.2, -0.15) is 5.01 Å². The van der Waals surface area contributed by atoms with E-state index in [4.69, 9.17) is 0 Å². The zero-order valence-corrected chi connectivity index (χ0v) is 12.7. The largest absolute Gasteiger partial charge is 0.280 e. The zero-order valence-electron chi connectivity index (χ0n) is 11.9. The molecule has 2 heterocycles. The first kappa shape index (κ1) is 13.7. The van der Waals surface area contributed by atoms with Gasteiger partial charge >= 0.3 is 0 Å². The first-order valence-electron chi connectivity index (χ1n) is 6.99. The maximum absolute atomic E-state index is 12.3. The number of imide groups is 1. The number of aromatic nitrogens is 1. The molecule has 0 spiro atoms. The van der Waals surface area contributed by atoms with Crippen LogP contribution in [0, 0.1) is 0 Å². The van der Waals surface area contributed by atoms with E-state index in [0.29, 0.717) is 16.3 Å². The number of nitrogens with one attached hydrogen (secondary N) is 1. The van der Waals surface area contributed by atoms with Gasteiger partial charge in [-0.25, -0.2) is 4.98 Å². The van der Waals surface area contributed by atoms with Crippen LogP contribution in [0.3, 0.4) is 0 Å². The van der Waals surface area contributed by atoms with Crippen LogP contribution in [-0.2, 0) is 0 Å². The molecule has 0 saturated heterocycles. The van der Waals surface area contributed by atoms with Gasteiger partial charge in [0.05, 0.1) is 16.8 Å². The molecule has 0 aliphatic carbocycles. The van der Waals surface area contributed by atoms with Gasteiger partial charge in [0.15, 0.2) is 0 Å². The second kappa shape index (κ2) is 5.33. The van der Waals surface area contributed by atoms with Crippen LogP contribution in [-0.4, -0.2) is 21.8 Å². The highest BCUT2D eigenvalue weighted by atomic mass is 32.1. The van der Waals surface area contributed by atoms with E-state index in [0.717, 1.165) is 16.3 Å². The summed E-state index contributed by atoms with van der Waals surface area (Å²) in [5.74, 6) is -0.718. The fourth-order valence-electron chi connectivity index (χ4n) is 2.45. The van der Waals surface area contributed by atoms with Crippen LogP contribution in [0.4, 0.5) is 5.13 Å². The van der Waals surface area contributed by atoms with Crippen LogP contribution in [0.25, 0.3) is 11.3 Å². The van der Waals surface area contributed by atoms with Crippen molar-refractivity contribution in [1.82, 2.24) is 9.99 Å². The van der Waals surface area contributed by atoms with E-state index >= 15 is 0 Å². The Balaban J connectivity index is 1.60. The van der Waals surface area contributed by atoms with Crippen molar-refractivity contribution in [2.75, 3.05) is 5.43 Å². The van der Waals surface area contributed by atoms with Gasteiger partial charge in [-0.1, -0.05) is 42.5 Å². The van der Waals surface area contributed by atoms with Crippen LogP contribution in [0.2, 0.25) is 0 Å². The van der Waals surface area contributed by atoms with E-state index in [1.54, 1.807) is 24.3 Å². The Bertz CT molecular complexity index is 870. The number of rotatable bonds is 3. The number of hydrogen-bond donors (Lipinski definition) is 1. The molecule has 0 atom stereocenters. The molecule has 1 N–H and O–H groups in total. The van der Waals surface area contributed by atoms with Crippen LogP contribution < -0.4 is 5.43 Å². The lowest BCUT2D eigenvalue weighted by atomic mass is 10.1. The predicted octanol–water partition coefficient (Wildman–Crippen LogP) is 3.43. The molecule has 6 heteroatoms. The molecule has 1 aromatic heterocycles. The predicted molar refractivity (Wildman–Crippen MR) is 88.1 cm³/mol. The average molecular weight is 321 g/mol. The number of carbonyl (C=O) groups excluding carboxylic acids is 2. The summed E-state index contributed by atoms with van der Waals surface area (Å²) >= 11 is 1.35. The van der Waals surface area contributed by atoms with E-state index in [1.165, 1.54) is 11.3 Å². The van der Waals surface area contributed by atoms with E-state index in [-0.39, 0.29) is 11.8 Å². The maximum Gasteiger partial charge on any atom is 0.280 e. The molecule has 0 radical (unpaired) electrons. The highest BCUT2D eigenvalue weighted by Crippen LogP contribution is 2.27. The zero-order chi connectivity index (χ0) is 15.8. The lowest BCUT2D eigenvalue weighted by molar-refractivity contribution is 0.0691. The number of amides is 2. The average Bonchev–Trinajstić information content (AvgIpc) is 3.16. The molecule has 1 aliphatic rings. The summed E-state index contributed by atoms with van der Waals surface area (Å²) in [5, 5.41) is 3.40. The van der Waals surface area contributed by atoms with Gasteiger partial charge in [0.2, 0.25) is 5.13 Å². The second-order valence-corrected chi connectivity index (χ2v) is 5.87. The molecule has 3 aromatic rings. The molecule has 0 bridgehead atoms. The number of nitrogens with zero attached hydrogens (tertiary/aromatic N) is 2. The van der Waals surface area contributed by atoms with Crippen LogP contribution in [0.15, 0.2) is 60.0 Å². The number of fused-ring (bicyclic) bond motifs is 1. The minimum absolute atomic E-state index is 0.359. The molecule has 0 saturated carbocycles. The molecule has 2 amide bonds. The maximum atomic E-state index is 12.3. The highest BCUT2D eigenvalue weighted by molar-refractivity contribution is 7.14. The van der Waals surface area contributed by atoms with E-state index in [9.17, 15) is 9.59 Å². The minimum Gasteiger partial charge on any atom is -0.267 e. The van der Waals surface area contributed by atoms with Gasteiger partial charge in [0.1, 0.15) is 0 Å². The van der Waals surface area contributed by atoms with Crippen molar-refractivity contribution in [3.05, 3.63) is 71.1 Å². The lowest BCUT2D eigenvalue weighted by Gasteiger charge is -2.13. The molecule has 2 aromatic carbocycles. The van der Waals surface area contributed by atoms with Crippen LogP contribution >= 0.6 is 11.3 Å². The molecular formula is C17H11N3O2S. The van der Waals surface area contributed by atoms with E-state index in [1.807, 2.05) is 35.7 Å². The molecule has 1 aliphatic heterocycles. The van der Waals surface area contributed by atoms with Gasteiger partial charge in [-0.05, 0) is 12.1 Å². The Morgan fingerprint density at radius 2 is 1.48 bits per heavy atom. The topological polar surface area (TPSA) is 62.3 Å². The number of hydrazine groups is 1. The van der Waals surface area contributed by atoms with Gasteiger partial charge < -0.3 is 0 Å². The van der Waals surface area contributed by atoms with Crippen molar-refractivity contribution in [2.45, 2.75) is 0 Å². The lowest BCUT2D eigenvalue weighted by Crippen LogP contribution is -2.35. The Kier molecular flexibility index (Phi) is 3.17. The molecule has 0 fully saturated rings. The Morgan fingerprint density at radius 1 is 0.870 bits per heavy atom. The van der Waals surface area contributed by atoms with Crippen molar-refractivity contribution < 1.29 is 9.59 Å². The smallest absolute Gasteiger partial charge is 0.267 e. The summed E-state index contributed by atoms with van der Waals surface area (Å²) in [7, 11) is 0. The summed E-state index contributed by atoms with van der Waals surface area (Å²) < 4.78 is 0. The first-order valence-corrected chi connectivity index (χ1v) is 7.87. The third kappa shape index (κ3) is 2.29.